The van der Waals surface area contributed by atoms with Crippen LogP contribution in [0.4, 0.5) is 5.00 Å². The molecule has 0 bridgehead atoms. The van der Waals surface area contributed by atoms with Crippen molar-refractivity contribution in [3.8, 4) is 0 Å². The zero-order valence-corrected chi connectivity index (χ0v) is 16.1. The maximum Gasteiger partial charge on any atom is 0.341 e. The van der Waals surface area contributed by atoms with Crippen LogP contribution in [0.5, 0.6) is 0 Å². The second kappa shape index (κ2) is 6.36. The van der Waals surface area contributed by atoms with Gasteiger partial charge in [0, 0.05) is 4.88 Å². The van der Waals surface area contributed by atoms with Gasteiger partial charge in [-0.1, -0.05) is 37.0 Å². The third kappa shape index (κ3) is 2.98. The lowest BCUT2D eigenvalue weighted by Crippen LogP contribution is -2.18. The largest absolute Gasteiger partial charge is 0.465 e. The number of amides is 1. The van der Waals surface area contributed by atoms with E-state index in [0.29, 0.717) is 10.6 Å². The van der Waals surface area contributed by atoms with Crippen molar-refractivity contribution in [1.29, 1.82) is 0 Å². The summed E-state index contributed by atoms with van der Waals surface area (Å²) in [5, 5.41) is 3.54. The number of aryl methyl sites for hydroxylation is 1. The first kappa shape index (κ1) is 17.8. The van der Waals surface area contributed by atoms with Gasteiger partial charge in [-0.2, -0.15) is 0 Å². The van der Waals surface area contributed by atoms with Gasteiger partial charge in [-0.25, -0.2) is 4.79 Å². The first-order valence-corrected chi connectivity index (χ1v) is 9.41. The normalized spacial score (nSPS) is 23.4. The molecule has 2 unspecified atom stereocenters. The van der Waals surface area contributed by atoms with Crippen LogP contribution in [0.3, 0.4) is 0 Å². The van der Waals surface area contributed by atoms with Crippen molar-refractivity contribution in [2.24, 2.45) is 17.3 Å². The molecule has 3 rings (SSSR count). The van der Waals surface area contributed by atoms with E-state index in [2.05, 4.69) is 5.32 Å². The van der Waals surface area contributed by atoms with Crippen LogP contribution < -0.4 is 5.32 Å². The number of esters is 1. The average Bonchev–Trinajstić information content (AvgIpc) is 2.84. The van der Waals surface area contributed by atoms with Crippen molar-refractivity contribution in [1.82, 2.24) is 0 Å². The molecule has 1 aromatic heterocycles. The second-order valence-corrected chi connectivity index (χ2v) is 8.94. The first-order valence-electron chi connectivity index (χ1n) is 7.84. The Balaban J connectivity index is 1.84. The Labute approximate surface area is 155 Å². The molecule has 4 nitrogen and oxygen atoms in total. The minimum atomic E-state index is -0.389. The predicted octanol–water partition coefficient (Wildman–Crippen LogP) is 4.55. The first-order chi connectivity index (χ1) is 11.3. The number of allylic oxidation sites excluding steroid dienone is 1. The van der Waals surface area contributed by atoms with Crippen LogP contribution in [0.2, 0.25) is 0 Å². The van der Waals surface area contributed by atoms with Crippen molar-refractivity contribution in [3.05, 3.63) is 26.6 Å². The number of hydrogen-bond acceptors (Lipinski definition) is 4. The standard InChI is InChI=1S/C17H19Cl2NO3S/c1-17(2)9(7-11(18)19)13(17)14(21)20-15-12(16(22)23-3)8-5-4-6-10(8)24-15/h7,9,13H,4-6H2,1-3H3,(H,20,21). The number of carbonyl (C=O) groups is 2. The molecular weight excluding hydrogens is 369 g/mol. The van der Waals surface area contributed by atoms with Crippen LogP contribution in [0.25, 0.3) is 0 Å². The van der Waals surface area contributed by atoms with Crippen LogP contribution in [0.1, 0.15) is 41.1 Å². The topological polar surface area (TPSA) is 55.4 Å². The number of carbonyl (C=O) groups excluding carboxylic acids is 2. The Morgan fingerprint density at radius 1 is 1.33 bits per heavy atom. The Morgan fingerprint density at radius 2 is 2.04 bits per heavy atom. The Morgan fingerprint density at radius 3 is 2.67 bits per heavy atom. The molecule has 0 saturated heterocycles. The number of halogens is 2. The fourth-order valence-corrected chi connectivity index (χ4v) is 5.18. The van der Waals surface area contributed by atoms with E-state index in [-0.39, 0.29) is 33.6 Å². The van der Waals surface area contributed by atoms with Crippen molar-refractivity contribution in [2.75, 3.05) is 12.4 Å². The second-order valence-electron chi connectivity index (χ2n) is 6.82. The molecule has 2 aliphatic carbocycles. The third-order valence-corrected chi connectivity index (χ3v) is 6.51. The molecule has 1 fully saturated rings. The minimum Gasteiger partial charge on any atom is -0.465 e. The Kier molecular flexibility index (Phi) is 4.71. The zero-order valence-electron chi connectivity index (χ0n) is 13.7. The highest BCUT2D eigenvalue weighted by Gasteiger charge is 2.60. The molecule has 7 heteroatoms. The SMILES string of the molecule is COC(=O)c1c(NC(=O)C2C(C=C(Cl)Cl)C2(C)C)sc2c1CCC2. The summed E-state index contributed by atoms with van der Waals surface area (Å²) in [6.07, 6.45) is 4.55. The number of thiophene rings is 1. The number of fused-ring (bicyclic) bond motifs is 1. The molecule has 130 valence electrons. The minimum absolute atomic E-state index is 0.00381. The molecule has 0 aliphatic heterocycles. The average molecular weight is 388 g/mol. The highest BCUT2D eigenvalue weighted by Crippen LogP contribution is 2.60. The Hall–Kier alpha value is -1.04. The molecular formula is C17H19Cl2NO3S. The number of methoxy groups -OCH3 is 1. The third-order valence-electron chi connectivity index (χ3n) is 5.05. The van der Waals surface area contributed by atoms with E-state index in [0.717, 1.165) is 24.8 Å². The van der Waals surface area contributed by atoms with Crippen molar-refractivity contribution < 1.29 is 14.3 Å². The van der Waals surface area contributed by atoms with Gasteiger partial charge < -0.3 is 10.1 Å². The molecule has 1 saturated carbocycles. The lowest BCUT2D eigenvalue weighted by Gasteiger charge is -2.07. The van der Waals surface area contributed by atoms with Gasteiger partial charge in [0.1, 0.15) is 9.49 Å². The van der Waals surface area contributed by atoms with Crippen molar-refractivity contribution in [3.63, 3.8) is 0 Å². The van der Waals surface area contributed by atoms with Gasteiger partial charge >= 0.3 is 5.97 Å². The van der Waals surface area contributed by atoms with Gasteiger partial charge in [-0.05, 0) is 42.2 Å². The summed E-state index contributed by atoms with van der Waals surface area (Å²) in [6, 6.07) is 0. The molecule has 1 aromatic rings. The van der Waals surface area contributed by atoms with Gasteiger partial charge in [0.25, 0.3) is 0 Å². The lowest BCUT2D eigenvalue weighted by molar-refractivity contribution is -0.118. The zero-order chi connectivity index (χ0) is 17.6. The fourth-order valence-electron chi connectivity index (χ4n) is 3.63. The van der Waals surface area contributed by atoms with E-state index < -0.39 is 0 Å². The number of nitrogens with one attached hydrogen (secondary N) is 1. The van der Waals surface area contributed by atoms with Gasteiger partial charge in [0.05, 0.1) is 18.6 Å². The number of ether oxygens (including phenoxy) is 1. The summed E-state index contributed by atoms with van der Waals surface area (Å²) < 4.78 is 5.08. The van der Waals surface area contributed by atoms with Crippen LogP contribution in [-0.4, -0.2) is 19.0 Å². The molecule has 1 heterocycles. The van der Waals surface area contributed by atoms with E-state index in [1.807, 2.05) is 13.8 Å². The molecule has 2 atom stereocenters. The highest BCUT2D eigenvalue weighted by molar-refractivity contribution is 7.17. The van der Waals surface area contributed by atoms with E-state index in [1.54, 1.807) is 6.08 Å². The van der Waals surface area contributed by atoms with Gasteiger partial charge in [-0.3, -0.25) is 4.79 Å². The van der Waals surface area contributed by atoms with Gasteiger partial charge in [-0.15, -0.1) is 11.3 Å². The molecule has 1 N–H and O–H groups in total. The van der Waals surface area contributed by atoms with Crippen molar-refractivity contribution >= 4 is 51.4 Å². The van der Waals surface area contributed by atoms with E-state index in [4.69, 9.17) is 27.9 Å². The van der Waals surface area contributed by atoms with Gasteiger partial charge in [0.15, 0.2) is 0 Å². The lowest BCUT2D eigenvalue weighted by atomic mass is 10.1. The number of hydrogen-bond donors (Lipinski definition) is 1. The van der Waals surface area contributed by atoms with E-state index in [9.17, 15) is 9.59 Å². The molecule has 0 radical (unpaired) electrons. The van der Waals surface area contributed by atoms with Crippen molar-refractivity contribution in [2.45, 2.75) is 33.1 Å². The summed E-state index contributed by atoms with van der Waals surface area (Å²) in [4.78, 5) is 26.0. The van der Waals surface area contributed by atoms with E-state index >= 15 is 0 Å². The van der Waals surface area contributed by atoms with E-state index in [1.165, 1.54) is 23.3 Å². The Bertz CT molecular complexity index is 734. The summed E-state index contributed by atoms with van der Waals surface area (Å²) in [7, 11) is 1.36. The molecule has 1 amide bonds. The quantitative estimate of drug-likeness (QED) is 0.770. The number of anilines is 1. The van der Waals surface area contributed by atoms with Crippen LogP contribution in [0, 0.1) is 17.3 Å². The maximum absolute atomic E-state index is 12.7. The molecule has 0 aromatic carbocycles. The molecule has 24 heavy (non-hydrogen) atoms. The smallest absolute Gasteiger partial charge is 0.341 e. The van der Waals surface area contributed by atoms with Crippen LogP contribution >= 0.6 is 34.5 Å². The number of rotatable bonds is 4. The van der Waals surface area contributed by atoms with Crippen LogP contribution in [0.15, 0.2) is 10.6 Å². The summed E-state index contributed by atoms with van der Waals surface area (Å²) >= 11 is 13.0. The monoisotopic (exact) mass is 387 g/mol. The molecule has 0 spiro atoms. The highest BCUT2D eigenvalue weighted by atomic mass is 35.5. The predicted molar refractivity (Wildman–Crippen MR) is 96.9 cm³/mol. The summed E-state index contributed by atoms with van der Waals surface area (Å²) in [6.45, 7) is 4.01. The van der Waals surface area contributed by atoms with Crippen LogP contribution in [-0.2, 0) is 22.4 Å². The summed E-state index contributed by atoms with van der Waals surface area (Å²) in [5.74, 6) is -0.718. The fraction of sp³-hybridized carbons (Fsp3) is 0.529. The van der Waals surface area contributed by atoms with Gasteiger partial charge in [0.2, 0.25) is 5.91 Å². The maximum atomic E-state index is 12.7. The summed E-state index contributed by atoms with van der Waals surface area (Å²) in [5.41, 5.74) is 1.34. The molecule has 2 aliphatic rings.